The summed E-state index contributed by atoms with van der Waals surface area (Å²) in [4.78, 5) is 24.1. The summed E-state index contributed by atoms with van der Waals surface area (Å²) in [6.45, 7) is -0.699. The third-order valence-corrected chi connectivity index (χ3v) is 4.00. The SMILES string of the molecule is COc1cc(OC)c(NC(=O)Cn2cc(C(F)(F)F)cc(Cl)c2=O)cc1Cl. The van der Waals surface area contributed by atoms with Gasteiger partial charge in [-0.3, -0.25) is 9.59 Å². The van der Waals surface area contributed by atoms with E-state index in [9.17, 15) is 22.8 Å². The van der Waals surface area contributed by atoms with E-state index in [4.69, 9.17) is 32.7 Å². The molecule has 0 saturated carbocycles. The van der Waals surface area contributed by atoms with Gasteiger partial charge in [-0.05, 0) is 12.1 Å². The van der Waals surface area contributed by atoms with Crippen molar-refractivity contribution in [3.05, 3.63) is 50.4 Å². The fourth-order valence-electron chi connectivity index (χ4n) is 2.17. The lowest BCUT2D eigenvalue weighted by atomic mass is 10.2. The molecule has 0 bridgehead atoms. The molecule has 0 saturated heterocycles. The minimum absolute atomic E-state index is 0.152. The number of carbonyl (C=O) groups excluding carboxylic acids is 1. The van der Waals surface area contributed by atoms with Crippen LogP contribution in [0.1, 0.15) is 5.56 Å². The monoisotopic (exact) mass is 424 g/mol. The minimum Gasteiger partial charge on any atom is -0.495 e. The predicted octanol–water partition coefficient (Wildman–Crippen LogP) is 3.83. The number of nitrogens with zero attached hydrogens (tertiary/aromatic N) is 1. The summed E-state index contributed by atoms with van der Waals surface area (Å²) in [6, 6.07) is 3.27. The van der Waals surface area contributed by atoms with Gasteiger partial charge >= 0.3 is 6.18 Å². The zero-order valence-corrected chi connectivity index (χ0v) is 15.5. The number of hydrogen-bond acceptors (Lipinski definition) is 4. The maximum absolute atomic E-state index is 12.9. The fraction of sp³-hybridized carbons (Fsp3) is 0.250. The van der Waals surface area contributed by atoms with Crippen LogP contribution in [0.2, 0.25) is 10.0 Å². The van der Waals surface area contributed by atoms with Gasteiger partial charge in [0.25, 0.3) is 5.56 Å². The second-order valence-electron chi connectivity index (χ2n) is 5.24. The molecule has 27 heavy (non-hydrogen) atoms. The average Bonchev–Trinajstić information content (AvgIpc) is 2.58. The molecule has 0 unspecified atom stereocenters. The van der Waals surface area contributed by atoms with E-state index >= 15 is 0 Å². The van der Waals surface area contributed by atoms with Crippen molar-refractivity contribution in [3.63, 3.8) is 0 Å². The summed E-state index contributed by atoms with van der Waals surface area (Å²) in [5.74, 6) is -0.279. The minimum atomic E-state index is -4.72. The molecule has 2 rings (SSSR count). The average molecular weight is 425 g/mol. The molecule has 0 aliphatic heterocycles. The molecule has 146 valence electrons. The number of aromatic nitrogens is 1. The Morgan fingerprint density at radius 1 is 1.11 bits per heavy atom. The maximum atomic E-state index is 12.9. The first kappa shape index (κ1) is 20.9. The Balaban J connectivity index is 2.30. The first-order chi connectivity index (χ1) is 12.6. The molecule has 0 fully saturated rings. The summed E-state index contributed by atoms with van der Waals surface area (Å²) in [7, 11) is 2.73. The van der Waals surface area contributed by atoms with E-state index in [1.54, 1.807) is 0 Å². The van der Waals surface area contributed by atoms with E-state index in [2.05, 4.69) is 5.32 Å². The smallest absolute Gasteiger partial charge is 0.417 e. The quantitative estimate of drug-likeness (QED) is 0.791. The van der Waals surface area contributed by atoms with Crippen LogP contribution < -0.4 is 20.3 Å². The molecular formula is C16H13Cl2F3N2O4. The molecule has 2 aromatic rings. The Labute approximate surface area is 161 Å². The number of ether oxygens (including phenoxy) is 2. The van der Waals surface area contributed by atoms with Crippen LogP contribution >= 0.6 is 23.2 Å². The zero-order valence-electron chi connectivity index (χ0n) is 14.0. The van der Waals surface area contributed by atoms with Crippen molar-refractivity contribution in [3.8, 4) is 11.5 Å². The molecule has 6 nitrogen and oxygen atoms in total. The summed E-state index contributed by atoms with van der Waals surface area (Å²) in [5, 5.41) is 1.94. The molecule has 1 heterocycles. The van der Waals surface area contributed by atoms with E-state index in [1.165, 1.54) is 26.4 Å². The molecular weight excluding hydrogens is 412 g/mol. The second-order valence-corrected chi connectivity index (χ2v) is 6.06. The lowest BCUT2D eigenvalue weighted by Gasteiger charge is -2.14. The van der Waals surface area contributed by atoms with Crippen LogP contribution in [0.15, 0.2) is 29.2 Å². The van der Waals surface area contributed by atoms with Gasteiger partial charge in [0, 0.05) is 12.3 Å². The summed E-state index contributed by atoms with van der Waals surface area (Å²) < 4.78 is 49.3. The first-order valence-corrected chi connectivity index (χ1v) is 8.01. The molecule has 0 atom stereocenters. The molecule has 0 aliphatic carbocycles. The molecule has 0 aliphatic rings. The maximum Gasteiger partial charge on any atom is 0.417 e. The standard InChI is InChI=1S/C16H13Cl2F3N2O4/c1-26-12-5-13(27-2)11(4-9(12)17)22-14(24)7-23-6-8(16(19,20)21)3-10(18)15(23)25/h3-6H,7H2,1-2H3,(H,22,24). The molecule has 1 N–H and O–H groups in total. The first-order valence-electron chi connectivity index (χ1n) is 7.25. The highest BCUT2D eigenvalue weighted by Crippen LogP contribution is 2.36. The number of anilines is 1. The Kier molecular flexibility index (Phi) is 6.27. The van der Waals surface area contributed by atoms with Crippen LogP contribution in [0.25, 0.3) is 0 Å². The lowest BCUT2D eigenvalue weighted by Crippen LogP contribution is -2.29. The number of methoxy groups -OCH3 is 2. The van der Waals surface area contributed by atoms with Gasteiger partial charge in [0.2, 0.25) is 5.91 Å². The highest BCUT2D eigenvalue weighted by molar-refractivity contribution is 6.32. The molecule has 11 heteroatoms. The number of amides is 1. The Bertz CT molecular complexity index is 929. The molecule has 0 spiro atoms. The fourth-order valence-corrected chi connectivity index (χ4v) is 2.64. The normalized spacial score (nSPS) is 11.2. The lowest BCUT2D eigenvalue weighted by molar-refractivity contribution is -0.138. The van der Waals surface area contributed by atoms with Gasteiger partial charge in [-0.1, -0.05) is 23.2 Å². The van der Waals surface area contributed by atoms with Crippen molar-refractivity contribution in [2.24, 2.45) is 0 Å². The van der Waals surface area contributed by atoms with Crippen molar-refractivity contribution in [2.75, 3.05) is 19.5 Å². The van der Waals surface area contributed by atoms with Crippen LogP contribution in [0.4, 0.5) is 18.9 Å². The van der Waals surface area contributed by atoms with E-state index in [1.807, 2.05) is 0 Å². The van der Waals surface area contributed by atoms with Crippen LogP contribution in [0.5, 0.6) is 11.5 Å². The van der Waals surface area contributed by atoms with Gasteiger partial charge in [0.1, 0.15) is 23.1 Å². The third-order valence-electron chi connectivity index (χ3n) is 3.43. The van der Waals surface area contributed by atoms with Crippen LogP contribution in [0.3, 0.4) is 0 Å². The van der Waals surface area contributed by atoms with Crippen LogP contribution in [-0.4, -0.2) is 24.7 Å². The number of carbonyl (C=O) groups is 1. The summed E-state index contributed by atoms with van der Waals surface area (Å²) in [6.07, 6.45) is -4.20. The predicted molar refractivity (Wildman–Crippen MR) is 93.9 cm³/mol. The van der Waals surface area contributed by atoms with Gasteiger partial charge in [0.05, 0.1) is 30.5 Å². The van der Waals surface area contributed by atoms with E-state index < -0.39 is 34.8 Å². The highest BCUT2D eigenvalue weighted by Gasteiger charge is 2.32. The van der Waals surface area contributed by atoms with Crippen LogP contribution in [0, 0.1) is 0 Å². The van der Waals surface area contributed by atoms with Gasteiger partial charge in [-0.15, -0.1) is 0 Å². The Morgan fingerprint density at radius 2 is 1.74 bits per heavy atom. The topological polar surface area (TPSA) is 69.6 Å². The molecule has 1 aromatic heterocycles. The van der Waals surface area contributed by atoms with Crippen molar-refractivity contribution < 1.29 is 27.4 Å². The van der Waals surface area contributed by atoms with Crippen LogP contribution in [-0.2, 0) is 17.5 Å². The second kappa shape index (κ2) is 8.10. The Hall–Kier alpha value is -2.39. The number of rotatable bonds is 5. The molecule has 0 radical (unpaired) electrons. The van der Waals surface area contributed by atoms with E-state index in [0.29, 0.717) is 22.6 Å². The number of pyridine rings is 1. The van der Waals surface area contributed by atoms with E-state index in [-0.39, 0.29) is 16.5 Å². The van der Waals surface area contributed by atoms with Gasteiger partial charge in [-0.25, -0.2) is 0 Å². The van der Waals surface area contributed by atoms with E-state index in [0.717, 1.165) is 0 Å². The van der Waals surface area contributed by atoms with Crippen molar-refractivity contribution in [2.45, 2.75) is 12.7 Å². The largest absolute Gasteiger partial charge is 0.495 e. The number of hydrogen-bond donors (Lipinski definition) is 1. The van der Waals surface area contributed by atoms with Crippen molar-refractivity contribution >= 4 is 34.8 Å². The van der Waals surface area contributed by atoms with Gasteiger partial charge < -0.3 is 19.4 Å². The summed E-state index contributed by atoms with van der Waals surface area (Å²) >= 11 is 11.5. The van der Waals surface area contributed by atoms with Gasteiger partial charge in [0.15, 0.2) is 0 Å². The van der Waals surface area contributed by atoms with Crippen molar-refractivity contribution in [1.82, 2.24) is 4.57 Å². The number of alkyl halides is 3. The molecule has 1 aromatic carbocycles. The zero-order chi connectivity index (χ0) is 20.4. The number of nitrogens with one attached hydrogen (secondary N) is 1. The summed E-state index contributed by atoms with van der Waals surface area (Å²) in [5.41, 5.74) is -1.93. The Morgan fingerprint density at radius 3 is 2.30 bits per heavy atom. The number of halogens is 5. The van der Waals surface area contributed by atoms with Gasteiger partial charge in [-0.2, -0.15) is 13.2 Å². The number of benzene rings is 1. The van der Waals surface area contributed by atoms with Crippen molar-refractivity contribution in [1.29, 1.82) is 0 Å². The molecule has 1 amide bonds. The highest BCUT2D eigenvalue weighted by atomic mass is 35.5. The third kappa shape index (κ3) is 4.86.